The third-order valence-electron chi connectivity index (χ3n) is 5.48. The van der Waals surface area contributed by atoms with Gasteiger partial charge in [0.25, 0.3) is 11.8 Å². The summed E-state index contributed by atoms with van der Waals surface area (Å²) in [4.78, 5) is 51.9. The molecule has 4 amide bonds. The molecule has 0 aromatic heterocycles. The van der Waals surface area contributed by atoms with E-state index in [0.717, 1.165) is 27.5 Å². The fourth-order valence-electron chi connectivity index (χ4n) is 3.58. The van der Waals surface area contributed by atoms with E-state index in [2.05, 4.69) is 10.6 Å². The number of rotatable bonds is 8. The molecule has 2 aromatic rings. The summed E-state index contributed by atoms with van der Waals surface area (Å²) >= 11 is 1.50. The highest BCUT2D eigenvalue weighted by molar-refractivity contribution is 7.99. The minimum atomic E-state index is -0.963. The average Bonchev–Trinajstić information content (AvgIpc) is 3.60. The normalized spacial score (nSPS) is 20.1. The summed E-state index contributed by atoms with van der Waals surface area (Å²) in [5.41, 5.74) is -0.369. The van der Waals surface area contributed by atoms with Gasteiger partial charge < -0.3 is 15.4 Å². The van der Waals surface area contributed by atoms with Gasteiger partial charge >= 0.3 is 12.0 Å². The molecule has 32 heavy (non-hydrogen) atoms. The lowest BCUT2D eigenvalue weighted by atomic mass is 9.96. The van der Waals surface area contributed by atoms with Gasteiger partial charge in [0.2, 0.25) is 0 Å². The van der Waals surface area contributed by atoms with Crippen LogP contribution in [-0.4, -0.2) is 47.4 Å². The van der Waals surface area contributed by atoms with Crippen molar-refractivity contribution in [3.63, 3.8) is 0 Å². The van der Waals surface area contributed by atoms with Crippen molar-refractivity contribution in [3.8, 4) is 0 Å². The van der Waals surface area contributed by atoms with Gasteiger partial charge in [0.05, 0.1) is 5.69 Å². The largest absolute Gasteiger partial charge is 0.454 e. The van der Waals surface area contributed by atoms with Crippen LogP contribution in [0.5, 0.6) is 0 Å². The Hall–Kier alpha value is -3.33. The summed E-state index contributed by atoms with van der Waals surface area (Å²) in [6, 6.07) is 16.4. The first kappa shape index (κ1) is 21.9. The molecule has 1 aliphatic carbocycles. The first-order valence-electron chi connectivity index (χ1n) is 10.3. The third kappa shape index (κ3) is 4.77. The van der Waals surface area contributed by atoms with Crippen molar-refractivity contribution in [2.45, 2.75) is 35.1 Å². The van der Waals surface area contributed by atoms with E-state index in [-0.39, 0.29) is 5.92 Å². The van der Waals surface area contributed by atoms with Gasteiger partial charge in [0, 0.05) is 9.79 Å². The first-order valence-corrected chi connectivity index (χ1v) is 11.1. The van der Waals surface area contributed by atoms with E-state index >= 15 is 0 Å². The van der Waals surface area contributed by atoms with Crippen LogP contribution in [0.4, 0.5) is 10.5 Å². The Balaban J connectivity index is 1.30. The quantitative estimate of drug-likeness (QED) is 0.470. The zero-order chi connectivity index (χ0) is 22.7. The van der Waals surface area contributed by atoms with Crippen LogP contribution in [0.15, 0.2) is 64.4 Å². The molecule has 2 fully saturated rings. The molecule has 0 radical (unpaired) electrons. The van der Waals surface area contributed by atoms with Crippen LogP contribution in [0.25, 0.3) is 0 Å². The number of hydrogen-bond acceptors (Lipinski definition) is 6. The number of imide groups is 1. The number of carbonyl (C=O) groups is 4. The molecular weight excluding hydrogens is 430 g/mol. The summed E-state index contributed by atoms with van der Waals surface area (Å²) in [5, 5.41) is 5.41. The Morgan fingerprint density at radius 1 is 1.12 bits per heavy atom. The monoisotopic (exact) mass is 453 g/mol. The Kier molecular flexibility index (Phi) is 6.18. The molecule has 2 N–H and O–H groups in total. The van der Waals surface area contributed by atoms with Crippen molar-refractivity contribution in [1.29, 1.82) is 0 Å². The molecular formula is C23H23N3O5S. The van der Waals surface area contributed by atoms with Crippen molar-refractivity contribution >= 4 is 41.3 Å². The maximum Gasteiger partial charge on any atom is 0.326 e. The number of anilines is 1. The number of benzene rings is 2. The first-order chi connectivity index (χ1) is 15.4. The number of nitrogens with one attached hydrogen (secondary N) is 2. The van der Waals surface area contributed by atoms with E-state index in [1.54, 1.807) is 19.1 Å². The predicted molar refractivity (Wildman–Crippen MR) is 118 cm³/mol. The zero-order valence-electron chi connectivity index (χ0n) is 17.5. The van der Waals surface area contributed by atoms with E-state index in [1.807, 2.05) is 42.5 Å². The average molecular weight is 454 g/mol. The number of esters is 1. The molecule has 2 aliphatic rings. The maximum absolute atomic E-state index is 12.6. The maximum atomic E-state index is 12.6. The summed E-state index contributed by atoms with van der Waals surface area (Å²) in [6.45, 7) is 0.627. The molecule has 1 aliphatic heterocycles. The Bertz CT molecular complexity index is 1060. The number of hydrogen-bond donors (Lipinski definition) is 2. The molecule has 1 saturated carbocycles. The van der Waals surface area contributed by atoms with Gasteiger partial charge in [0.1, 0.15) is 12.1 Å². The molecule has 166 valence electrons. The molecule has 1 unspecified atom stereocenters. The van der Waals surface area contributed by atoms with Crippen molar-refractivity contribution in [2.75, 3.05) is 18.5 Å². The number of carbonyl (C=O) groups excluding carboxylic acids is 4. The number of para-hydroxylation sites is 1. The van der Waals surface area contributed by atoms with Crippen LogP contribution in [-0.2, 0) is 19.1 Å². The molecule has 1 atom stereocenters. The Morgan fingerprint density at radius 3 is 2.53 bits per heavy atom. The van der Waals surface area contributed by atoms with Gasteiger partial charge in [-0.15, -0.1) is 0 Å². The molecule has 8 nitrogen and oxygen atoms in total. The summed E-state index contributed by atoms with van der Waals surface area (Å²) in [5.74, 6) is -1.67. The minimum Gasteiger partial charge on any atom is -0.454 e. The predicted octanol–water partition coefficient (Wildman–Crippen LogP) is 3.04. The van der Waals surface area contributed by atoms with Crippen molar-refractivity contribution in [2.24, 2.45) is 5.92 Å². The number of nitrogens with zero attached hydrogens (tertiary/aromatic N) is 1. The summed E-state index contributed by atoms with van der Waals surface area (Å²) in [7, 11) is 0. The number of amides is 4. The third-order valence-corrected chi connectivity index (χ3v) is 6.56. The lowest BCUT2D eigenvalue weighted by Gasteiger charge is -2.20. The molecule has 1 saturated heterocycles. The number of urea groups is 1. The van der Waals surface area contributed by atoms with E-state index < -0.39 is 42.5 Å². The van der Waals surface area contributed by atoms with Crippen LogP contribution in [0, 0.1) is 5.92 Å². The van der Waals surface area contributed by atoms with Gasteiger partial charge in [0.15, 0.2) is 6.61 Å². The smallest absolute Gasteiger partial charge is 0.326 e. The summed E-state index contributed by atoms with van der Waals surface area (Å²) in [6.07, 6.45) is 1.73. The van der Waals surface area contributed by atoms with Gasteiger partial charge in [-0.25, -0.2) is 4.79 Å². The SMILES string of the molecule is CC1(C2CC2)NC(=O)N(CC(=O)OCC(=O)Nc2ccccc2Sc2ccccc2)C1=O. The zero-order valence-corrected chi connectivity index (χ0v) is 18.3. The van der Waals surface area contributed by atoms with E-state index in [0.29, 0.717) is 5.69 Å². The highest BCUT2D eigenvalue weighted by atomic mass is 32.2. The molecule has 0 spiro atoms. The lowest BCUT2D eigenvalue weighted by molar-refractivity contribution is -0.150. The summed E-state index contributed by atoms with van der Waals surface area (Å²) < 4.78 is 5.01. The van der Waals surface area contributed by atoms with Gasteiger partial charge in [-0.1, -0.05) is 42.1 Å². The molecule has 1 heterocycles. The fraction of sp³-hybridized carbons (Fsp3) is 0.304. The number of ether oxygens (including phenoxy) is 1. The van der Waals surface area contributed by atoms with Gasteiger partial charge in [-0.3, -0.25) is 19.3 Å². The minimum absolute atomic E-state index is 0.0968. The molecule has 0 bridgehead atoms. The Morgan fingerprint density at radius 2 is 1.81 bits per heavy atom. The second kappa shape index (κ2) is 9.04. The van der Waals surface area contributed by atoms with Crippen molar-refractivity contribution < 1.29 is 23.9 Å². The van der Waals surface area contributed by atoms with Crippen LogP contribution < -0.4 is 10.6 Å². The van der Waals surface area contributed by atoms with Crippen LogP contribution >= 0.6 is 11.8 Å². The van der Waals surface area contributed by atoms with Gasteiger partial charge in [-0.05, 0) is 49.9 Å². The fourth-order valence-corrected chi connectivity index (χ4v) is 4.50. The molecule has 4 rings (SSSR count). The van der Waals surface area contributed by atoms with E-state index in [4.69, 9.17) is 4.74 Å². The lowest BCUT2D eigenvalue weighted by Crippen LogP contribution is -2.46. The standard InChI is InChI=1S/C23H23N3O5S/c1-23(15-11-12-15)21(29)26(22(30)25-23)13-20(28)31-14-19(27)24-17-9-5-6-10-18(17)32-16-7-3-2-4-8-16/h2-10,15H,11-14H2,1H3,(H,24,27)(H,25,30). The van der Waals surface area contributed by atoms with E-state index in [1.165, 1.54) is 11.8 Å². The highest BCUT2D eigenvalue weighted by Gasteiger charge is 2.56. The van der Waals surface area contributed by atoms with Gasteiger partial charge in [-0.2, -0.15) is 0 Å². The molecule has 2 aromatic carbocycles. The van der Waals surface area contributed by atoms with Crippen molar-refractivity contribution in [1.82, 2.24) is 10.2 Å². The second-order valence-electron chi connectivity index (χ2n) is 7.92. The Labute approximate surface area is 189 Å². The van der Waals surface area contributed by atoms with Crippen LogP contribution in [0.3, 0.4) is 0 Å². The van der Waals surface area contributed by atoms with Crippen molar-refractivity contribution in [3.05, 3.63) is 54.6 Å². The highest BCUT2D eigenvalue weighted by Crippen LogP contribution is 2.42. The topological polar surface area (TPSA) is 105 Å². The van der Waals surface area contributed by atoms with E-state index in [9.17, 15) is 19.2 Å². The molecule has 9 heteroatoms. The second-order valence-corrected chi connectivity index (χ2v) is 9.03. The van der Waals surface area contributed by atoms with Crippen LogP contribution in [0.1, 0.15) is 19.8 Å². The van der Waals surface area contributed by atoms with Crippen LogP contribution in [0.2, 0.25) is 0 Å².